The van der Waals surface area contributed by atoms with Crippen molar-refractivity contribution in [3.63, 3.8) is 0 Å². The van der Waals surface area contributed by atoms with Crippen molar-refractivity contribution < 1.29 is 13.2 Å². The van der Waals surface area contributed by atoms with Gasteiger partial charge in [-0.2, -0.15) is 4.98 Å². The fraction of sp³-hybridized carbons (Fsp3) is 0.357. The third-order valence-electron chi connectivity index (χ3n) is 3.80. The first-order valence-electron chi connectivity index (χ1n) is 7.27. The van der Waals surface area contributed by atoms with E-state index >= 15 is 0 Å². The predicted molar refractivity (Wildman–Crippen MR) is 89.9 cm³/mol. The van der Waals surface area contributed by atoms with Crippen molar-refractivity contribution in [3.05, 3.63) is 29.3 Å². The molecule has 0 radical (unpaired) electrons. The van der Waals surface area contributed by atoms with Gasteiger partial charge in [0.15, 0.2) is 0 Å². The highest BCUT2D eigenvalue weighted by Gasteiger charge is 2.30. The first-order chi connectivity index (χ1) is 11.3. The van der Waals surface area contributed by atoms with Crippen LogP contribution in [0.15, 0.2) is 29.4 Å². The molecule has 10 heteroatoms. The number of H-pyrrole nitrogens is 1. The predicted octanol–water partition coefficient (Wildman–Crippen LogP) is 1.33. The molecule has 1 amide bonds. The number of rotatable bonds is 4. The third kappa shape index (κ3) is 3.51. The number of para-hydroxylation sites is 1. The zero-order chi connectivity index (χ0) is 17.3. The summed E-state index contributed by atoms with van der Waals surface area (Å²) >= 11 is 6.18. The Balaban J connectivity index is 1.65. The summed E-state index contributed by atoms with van der Waals surface area (Å²) in [4.78, 5) is 18.1. The van der Waals surface area contributed by atoms with Gasteiger partial charge < -0.3 is 4.90 Å². The first kappa shape index (κ1) is 16.7. The number of hydrogen-bond acceptors (Lipinski definition) is 6. The lowest BCUT2D eigenvalue weighted by Crippen LogP contribution is -2.27. The molecule has 1 atom stereocenters. The average Bonchev–Trinajstić information content (AvgIpc) is 3.16. The van der Waals surface area contributed by atoms with Crippen LogP contribution < -0.4 is 10.2 Å². The summed E-state index contributed by atoms with van der Waals surface area (Å²) in [6, 6.07) is 7.48. The molecule has 128 valence electrons. The van der Waals surface area contributed by atoms with E-state index in [1.54, 1.807) is 0 Å². The van der Waals surface area contributed by atoms with Crippen LogP contribution >= 0.6 is 11.6 Å². The molecule has 0 spiro atoms. The van der Waals surface area contributed by atoms with E-state index in [2.05, 4.69) is 20.5 Å². The molecular formula is C14H16ClN5O3S. The van der Waals surface area contributed by atoms with Crippen LogP contribution in [-0.4, -0.2) is 48.9 Å². The molecule has 24 heavy (non-hydrogen) atoms. The fourth-order valence-corrected chi connectivity index (χ4v) is 3.30. The summed E-state index contributed by atoms with van der Waals surface area (Å²) < 4.78 is 22.7. The molecule has 1 aliphatic heterocycles. The van der Waals surface area contributed by atoms with Crippen LogP contribution in [-0.2, 0) is 14.6 Å². The number of amides is 1. The number of sulfone groups is 1. The number of carbonyl (C=O) groups excluding carboxylic acids is 1. The van der Waals surface area contributed by atoms with Crippen LogP contribution in [0.4, 0.5) is 11.6 Å². The molecule has 0 bridgehead atoms. The van der Waals surface area contributed by atoms with Gasteiger partial charge in [0.2, 0.25) is 26.8 Å². The Kier molecular flexibility index (Phi) is 4.46. The molecule has 1 saturated heterocycles. The minimum absolute atomic E-state index is 0.0448. The van der Waals surface area contributed by atoms with Gasteiger partial charge in [-0.1, -0.05) is 23.7 Å². The van der Waals surface area contributed by atoms with Gasteiger partial charge in [0, 0.05) is 19.3 Å². The summed E-state index contributed by atoms with van der Waals surface area (Å²) in [5.74, 6) is -0.540. The zero-order valence-electron chi connectivity index (χ0n) is 12.9. The van der Waals surface area contributed by atoms with Gasteiger partial charge in [0.1, 0.15) is 0 Å². The summed E-state index contributed by atoms with van der Waals surface area (Å²) in [6.07, 6.45) is 1.68. The number of nitrogens with zero attached hydrogens (tertiary/aromatic N) is 3. The Labute approximate surface area is 144 Å². The van der Waals surface area contributed by atoms with Crippen LogP contribution in [0.25, 0.3) is 0 Å². The number of benzene rings is 1. The molecule has 1 aliphatic rings. The maximum absolute atomic E-state index is 12.3. The van der Waals surface area contributed by atoms with E-state index in [0.29, 0.717) is 24.5 Å². The molecule has 8 nitrogen and oxygen atoms in total. The van der Waals surface area contributed by atoms with Crippen molar-refractivity contribution in [1.82, 2.24) is 15.2 Å². The smallest absolute Gasteiger partial charge is 0.249 e. The molecule has 0 aliphatic carbocycles. The number of anilines is 2. The van der Waals surface area contributed by atoms with Gasteiger partial charge in [-0.25, -0.2) is 13.5 Å². The summed E-state index contributed by atoms with van der Waals surface area (Å²) in [7, 11) is -3.49. The molecule has 0 saturated carbocycles. The van der Waals surface area contributed by atoms with Crippen molar-refractivity contribution in [2.75, 3.05) is 29.6 Å². The average molecular weight is 370 g/mol. The molecule has 2 heterocycles. The number of halogens is 1. The summed E-state index contributed by atoms with van der Waals surface area (Å²) in [5, 5.41) is 8.91. The molecule has 1 fully saturated rings. The highest BCUT2D eigenvalue weighted by atomic mass is 35.5. The standard InChI is InChI=1S/C14H16ClN5O3S/c1-24(22,23)14-17-13(18-19-14)16-12(21)9-6-7-20(8-9)11-5-3-2-4-10(11)15/h2-5,9H,6-8H2,1H3,(H2,16,17,18,19,21). The van der Waals surface area contributed by atoms with E-state index in [9.17, 15) is 13.2 Å². The fourth-order valence-electron chi connectivity index (χ4n) is 2.58. The normalized spacial score (nSPS) is 17.9. The van der Waals surface area contributed by atoms with Gasteiger partial charge >= 0.3 is 0 Å². The van der Waals surface area contributed by atoms with E-state index in [1.807, 2.05) is 29.2 Å². The monoisotopic (exact) mass is 369 g/mol. The van der Waals surface area contributed by atoms with Gasteiger partial charge in [0.05, 0.1) is 16.6 Å². The first-order valence-corrected chi connectivity index (χ1v) is 9.54. The Bertz CT molecular complexity index is 867. The van der Waals surface area contributed by atoms with Crippen LogP contribution in [0.3, 0.4) is 0 Å². The van der Waals surface area contributed by atoms with E-state index in [0.717, 1.165) is 11.9 Å². The SMILES string of the molecule is CS(=O)(=O)c1nc(NC(=O)C2CCN(c3ccccc3Cl)C2)n[nH]1. The minimum atomic E-state index is -3.49. The van der Waals surface area contributed by atoms with Crippen LogP contribution in [0.5, 0.6) is 0 Å². The van der Waals surface area contributed by atoms with Gasteiger partial charge in [-0.15, -0.1) is 5.10 Å². The van der Waals surface area contributed by atoms with Gasteiger partial charge in [-0.3, -0.25) is 10.1 Å². The van der Waals surface area contributed by atoms with E-state index < -0.39 is 9.84 Å². The van der Waals surface area contributed by atoms with Crippen LogP contribution in [0.2, 0.25) is 5.02 Å². The largest absolute Gasteiger partial charge is 0.370 e. The highest BCUT2D eigenvalue weighted by molar-refractivity contribution is 7.90. The Morgan fingerprint density at radius 3 is 2.83 bits per heavy atom. The lowest BCUT2D eigenvalue weighted by Gasteiger charge is -2.19. The van der Waals surface area contributed by atoms with Gasteiger partial charge in [0.25, 0.3) is 0 Å². The number of aromatic amines is 1. The minimum Gasteiger partial charge on any atom is -0.370 e. The molecule has 1 aromatic carbocycles. The second kappa shape index (κ2) is 6.40. The summed E-state index contributed by atoms with van der Waals surface area (Å²) in [6.45, 7) is 1.24. The van der Waals surface area contributed by atoms with Gasteiger partial charge in [-0.05, 0) is 18.6 Å². The lowest BCUT2D eigenvalue weighted by atomic mass is 10.1. The maximum Gasteiger partial charge on any atom is 0.249 e. The molecule has 1 unspecified atom stereocenters. The van der Waals surface area contributed by atoms with Crippen molar-refractivity contribution in [3.8, 4) is 0 Å². The van der Waals surface area contributed by atoms with Crippen molar-refractivity contribution in [2.45, 2.75) is 11.6 Å². The van der Waals surface area contributed by atoms with Crippen LogP contribution in [0, 0.1) is 5.92 Å². The molecule has 2 N–H and O–H groups in total. The van der Waals surface area contributed by atoms with E-state index in [-0.39, 0.29) is 22.9 Å². The van der Waals surface area contributed by atoms with E-state index in [1.165, 1.54) is 0 Å². The zero-order valence-corrected chi connectivity index (χ0v) is 14.4. The lowest BCUT2D eigenvalue weighted by molar-refractivity contribution is -0.119. The number of carbonyl (C=O) groups is 1. The Morgan fingerprint density at radius 2 is 2.17 bits per heavy atom. The molecular weight excluding hydrogens is 354 g/mol. The molecule has 2 aromatic rings. The third-order valence-corrected chi connectivity index (χ3v) is 5.01. The number of aromatic nitrogens is 3. The Hall–Kier alpha value is -2.13. The topological polar surface area (TPSA) is 108 Å². The summed E-state index contributed by atoms with van der Waals surface area (Å²) in [5.41, 5.74) is 0.895. The van der Waals surface area contributed by atoms with Crippen molar-refractivity contribution in [2.24, 2.45) is 5.92 Å². The number of hydrogen-bond donors (Lipinski definition) is 2. The van der Waals surface area contributed by atoms with Crippen molar-refractivity contribution in [1.29, 1.82) is 0 Å². The second-order valence-corrected chi connectivity index (χ2v) is 7.95. The van der Waals surface area contributed by atoms with E-state index in [4.69, 9.17) is 11.6 Å². The second-order valence-electron chi connectivity index (χ2n) is 5.61. The highest BCUT2D eigenvalue weighted by Crippen LogP contribution is 2.30. The molecule has 3 rings (SSSR count). The maximum atomic E-state index is 12.3. The van der Waals surface area contributed by atoms with Crippen LogP contribution in [0.1, 0.15) is 6.42 Å². The number of nitrogens with one attached hydrogen (secondary N) is 2. The quantitative estimate of drug-likeness (QED) is 0.841. The Morgan fingerprint density at radius 1 is 1.42 bits per heavy atom. The van der Waals surface area contributed by atoms with Crippen molar-refractivity contribution >= 4 is 39.0 Å². The molecule has 1 aromatic heterocycles.